The molecular formula is C25H31ClN4O2S. The van der Waals surface area contributed by atoms with Crippen LogP contribution in [0, 0.1) is 0 Å². The molecule has 1 saturated heterocycles. The molecule has 0 atom stereocenters. The Balaban J connectivity index is 1.67. The lowest BCUT2D eigenvalue weighted by Gasteiger charge is -2.37. The standard InChI is InChI=1S/C25H31ClN4O2S/c1-5-22(31)30-14-12-29(13-15-30)21-11-10-19(26)16-20(21)27-24(33)28-23(32)17-6-8-18(9-7-17)25(2,3)4/h6-11,16H,5,12-15H2,1-4H3,(H2,27,28,32,33). The van der Waals surface area contributed by atoms with E-state index in [4.69, 9.17) is 23.8 Å². The number of carbonyl (C=O) groups is 2. The summed E-state index contributed by atoms with van der Waals surface area (Å²) in [5, 5.41) is 6.63. The predicted octanol–water partition coefficient (Wildman–Crippen LogP) is 4.82. The normalized spacial score (nSPS) is 14.1. The maximum absolute atomic E-state index is 12.7. The number of hydrogen-bond acceptors (Lipinski definition) is 4. The first kappa shape index (κ1) is 25.0. The number of nitrogens with one attached hydrogen (secondary N) is 2. The number of hydrogen-bond donors (Lipinski definition) is 2. The van der Waals surface area contributed by atoms with Gasteiger partial charge in [-0.15, -0.1) is 0 Å². The van der Waals surface area contributed by atoms with Crippen molar-refractivity contribution in [3.8, 4) is 0 Å². The van der Waals surface area contributed by atoms with Crippen LogP contribution in [0.25, 0.3) is 0 Å². The number of halogens is 1. The molecule has 0 aliphatic carbocycles. The molecule has 3 rings (SSSR count). The van der Waals surface area contributed by atoms with E-state index >= 15 is 0 Å². The zero-order chi connectivity index (χ0) is 24.2. The summed E-state index contributed by atoms with van der Waals surface area (Å²) < 4.78 is 0. The van der Waals surface area contributed by atoms with Crippen molar-refractivity contribution in [3.05, 3.63) is 58.6 Å². The molecule has 0 unspecified atom stereocenters. The van der Waals surface area contributed by atoms with Gasteiger partial charge < -0.3 is 15.1 Å². The highest BCUT2D eigenvalue weighted by atomic mass is 35.5. The highest BCUT2D eigenvalue weighted by Gasteiger charge is 2.22. The average molecular weight is 487 g/mol. The Morgan fingerprint density at radius 2 is 1.67 bits per heavy atom. The number of carbonyl (C=O) groups excluding carboxylic acids is 2. The summed E-state index contributed by atoms with van der Waals surface area (Å²) in [6.07, 6.45) is 0.515. The van der Waals surface area contributed by atoms with E-state index < -0.39 is 0 Å². The molecule has 33 heavy (non-hydrogen) atoms. The summed E-state index contributed by atoms with van der Waals surface area (Å²) in [6.45, 7) is 11.0. The van der Waals surface area contributed by atoms with E-state index in [-0.39, 0.29) is 22.3 Å². The summed E-state index contributed by atoms with van der Waals surface area (Å²) in [4.78, 5) is 28.7. The summed E-state index contributed by atoms with van der Waals surface area (Å²) >= 11 is 11.6. The summed E-state index contributed by atoms with van der Waals surface area (Å²) in [7, 11) is 0. The third-order valence-electron chi connectivity index (χ3n) is 5.72. The smallest absolute Gasteiger partial charge is 0.257 e. The maximum atomic E-state index is 12.7. The number of thiocarbonyl (C=S) groups is 1. The molecule has 176 valence electrons. The van der Waals surface area contributed by atoms with Crippen LogP contribution in [-0.2, 0) is 10.2 Å². The van der Waals surface area contributed by atoms with Gasteiger partial charge in [-0.1, -0.05) is 51.4 Å². The minimum Gasteiger partial charge on any atom is -0.366 e. The van der Waals surface area contributed by atoms with Gasteiger partial charge in [-0.25, -0.2) is 0 Å². The van der Waals surface area contributed by atoms with Crippen LogP contribution in [-0.4, -0.2) is 48.0 Å². The molecule has 2 aromatic carbocycles. The minimum atomic E-state index is -0.275. The Bertz CT molecular complexity index is 1030. The van der Waals surface area contributed by atoms with Gasteiger partial charge in [-0.2, -0.15) is 0 Å². The van der Waals surface area contributed by atoms with Crippen molar-refractivity contribution in [2.45, 2.75) is 39.5 Å². The molecule has 8 heteroatoms. The molecule has 0 bridgehead atoms. The Morgan fingerprint density at radius 1 is 1.03 bits per heavy atom. The van der Waals surface area contributed by atoms with E-state index in [1.807, 2.05) is 36.1 Å². The number of piperazine rings is 1. The van der Waals surface area contributed by atoms with Crippen molar-refractivity contribution in [1.29, 1.82) is 0 Å². The zero-order valence-corrected chi connectivity index (χ0v) is 21.1. The Kier molecular flexibility index (Phi) is 7.97. The quantitative estimate of drug-likeness (QED) is 0.606. The van der Waals surface area contributed by atoms with Gasteiger partial charge in [0.05, 0.1) is 11.4 Å². The fourth-order valence-corrected chi connectivity index (χ4v) is 4.13. The maximum Gasteiger partial charge on any atom is 0.257 e. The van der Waals surface area contributed by atoms with E-state index in [2.05, 4.69) is 36.3 Å². The lowest BCUT2D eigenvalue weighted by molar-refractivity contribution is -0.131. The van der Waals surface area contributed by atoms with Gasteiger partial charge in [0.25, 0.3) is 5.91 Å². The third-order valence-corrected chi connectivity index (χ3v) is 6.16. The van der Waals surface area contributed by atoms with Crippen LogP contribution < -0.4 is 15.5 Å². The first-order chi connectivity index (χ1) is 15.6. The molecule has 0 spiro atoms. The lowest BCUT2D eigenvalue weighted by atomic mass is 9.87. The molecule has 0 aromatic heterocycles. The van der Waals surface area contributed by atoms with Crippen LogP contribution in [0.15, 0.2) is 42.5 Å². The van der Waals surface area contributed by atoms with Crippen molar-refractivity contribution in [2.75, 3.05) is 36.4 Å². The third kappa shape index (κ3) is 6.45. The lowest BCUT2D eigenvalue weighted by Crippen LogP contribution is -2.48. The number of nitrogens with zero attached hydrogens (tertiary/aromatic N) is 2. The molecule has 2 amide bonds. The predicted molar refractivity (Wildman–Crippen MR) is 139 cm³/mol. The molecule has 0 saturated carbocycles. The van der Waals surface area contributed by atoms with Crippen molar-refractivity contribution >= 4 is 52.1 Å². The minimum absolute atomic E-state index is 0.0180. The zero-order valence-electron chi connectivity index (χ0n) is 19.6. The Hall–Kier alpha value is -2.64. The number of amides is 2. The van der Waals surface area contributed by atoms with Crippen molar-refractivity contribution < 1.29 is 9.59 Å². The molecule has 2 N–H and O–H groups in total. The highest BCUT2D eigenvalue weighted by Crippen LogP contribution is 2.30. The van der Waals surface area contributed by atoms with E-state index in [1.54, 1.807) is 18.2 Å². The van der Waals surface area contributed by atoms with E-state index in [9.17, 15) is 9.59 Å². The molecule has 1 heterocycles. The van der Waals surface area contributed by atoms with Crippen LogP contribution in [0.5, 0.6) is 0 Å². The summed E-state index contributed by atoms with van der Waals surface area (Å²) in [6, 6.07) is 13.1. The largest absolute Gasteiger partial charge is 0.366 e. The number of benzene rings is 2. The van der Waals surface area contributed by atoms with Crippen molar-refractivity contribution in [2.24, 2.45) is 0 Å². The SMILES string of the molecule is CCC(=O)N1CCN(c2ccc(Cl)cc2NC(=S)NC(=O)c2ccc(C(C)(C)C)cc2)CC1. The second kappa shape index (κ2) is 10.5. The fourth-order valence-electron chi connectivity index (χ4n) is 3.75. The molecule has 6 nitrogen and oxygen atoms in total. The van der Waals surface area contributed by atoms with Gasteiger partial charge in [0.15, 0.2) is 5.11 Å². The van der Waals surface area contributed by atoms with Gasteiger partial charge in [-0.3, -0.25) is 14.9 Å². The van der Waals surface area contributed by atoms with E-state index in [0.717, 1.165) is 11.3 Å². The van der Waals surface area contributed by atoms with Crippen LogP contribution >= 0.6 is 23.8 Å². The monoisotopic (exact) mass is 486 g/mol. The van der Waals surface area contributed by atoms with E-state index in [1.165, 1.54) is 0 Å². The van der Waals surface area contributed by atoms with Crippen LogP contribution in [0.4, 0.5) is 11.4 Å². The highest BCUT2D eigenvalue weighted by molar-refractivity contribution is 7.80. The summed E-state index contributed by atoms with van der Waals surface area (Å²) in [5.74, 6) is -0.105. The van der Waals surface area contributed by atoms with Gasteiger partial charge in [0.2, 0.25) is 5.91 Å². The van der Waals surface area contributed by atoms with Crippen LogP contribution in [0.3, 0.4) is 0 Å². The molecule has 2 aromatic rings. The Morgan fingerprint density at radius 3 is 2.24 bits per heavy atom. The van der Waals surface area contributed by atoms with Crippen LogP contribution in [0.1, 0.15) is 50.0 Å². The average Bonchev–Trinajstić information content (AvgIpc) is 2.78. The molecular weight excluding hydrogens is 456 g/mol. The topological polar surface area (TPSA) is 64.7 Å². The number of rotatable bonds is 4. The second-order valence-electron chi connectivity index (χ2n) is 9.12. The van der Waals surface area contributed by atoms with Crippen molar-refractivity contribution in [3.63, 3.8) is 0 Å². The molecule has 1 fully saturated rings. The number of anilines is 2. The first-order valence-corrected chi connectivity index (χ1v) is 11.9. The molecule has 0 radical (unpaired) electrons. The van der Waals surface area contributed by atoms with Gasteiger partial charge in [0.1, 0.15) is 0 Å². The second-order valence-corrected chi connectivity index (χ2v) is 9.96. The van der Waals surface area contributed by atoms with Crippen LogP contribution in [0.2, 0.25) is 5.02 Å². The van der Waals surface area contributed by atoms with Crippen molar-refractivity contribution in [1.82, 2.24) is 10.2 Å². The van der Waals surface area contributed by atoms with Gasteiger partial charge in [0, 0.05) is 43.2 Å². The van der Waals surface area contributed by atoms with E-state index in [0.29, 0.717) is 48.9 Å². The van der Waals surface area contributed by atoms with Gasteiger partial charge >= 0.3 is 0 Å². The first-order valence-electron chi connectivity index (χ1n) is 11.1. The molecule has 1 aliphatic heterocycles. The summed E-state index contributed by atoms with van der Waals surface area (Å²) in [5.41, 5.74) is 3.35. The van der Waals surface area contributed by atoms with Gasteiger partial charge in [-0.05, 0) is 53.5 Å². The Labute approximate surface area is 206 Å². The fraction of sp³-hybridized carbons (Fsp3) is 0.400. The molecule has 1 aliphatic rings.